The van der Waals surface area contributed by atoms with Crippen molar-refractivity contribution in [1.82, 2.24) is 24.6 Å². The van der Waals surface area contributed by atoms with E-state index in [2.05, 4.69) is 15.1 Å². The molecule has 0 spiro atoms. The maximum Gasteiger partial charge on any atom is 0.319 e. The number of pyridine rings is 1. The van der Waals surface area contributed by atoms with E-state index in [1.807, 2.05) is 23.5 Å². The number of benzene rings is 1. The van der Waals surface area contributed by atoms with E-state index in [0.717, 1.165) is 43.4 Å². The Kier molecular flexibility index (Phi) is 6.12. The van der Waals surface area contributed by atoms with E-state index < -0.39 is 17.5 Å². The van der Waals surface area contributed by atoms with Crippen LogP contribution in [0.2, 0.25) is 0 Å². The summed E-state index contributed by atoms with van der Waals surface area (Å²) in [4.78, 5) is 14.0. The van der Waals surface area contributed by atoms with Crippen molar-refractivity contribution in [3.05, 3.63) is 35.8 Å². The standard InChI is InChI=1S/C33H36F2N6O4/c1-2-21-6-7-22-10-23(42)11-24(41(21)22)25-27(35)28-26(30-29(25)44-17-45-30)31(39-14-19-4-5-20(15-39)36-19)38-32(37-28)43-16-33-8-3-9-40(33)13-18(34)12-33/h6-7,10-11,18-20,36,42H,2-5,8-9,12-17H2,1H3/t18-,19-,20+,33+/m1/s1. The van der Waals surface area contributed by atoms with Crippen LogP contribution in [-0.2, 0) is 6.42 Å². The highest BCUT2D eigenvalue weighted by Crippen LogP contribution is 2.52. The molecule has 1 aromatic carbocycles. The molecule has 0 unspecified atom stereocenters. The predicted molar refractivity (Wildman–Crippen MR) is 164 cm³/mol. The quantitative estimate of drug-likeness (QED) is 0.322. The Labute approximate surface area is 258 Å². The number of hydrogen-bond acceptors (Lipinski definition) is 9. The lowest BCUT2D eigenvalue weighted by Gasteiger charge is -2.35. The number of nitrogens with zero attached hydrogens (tertiary/aromatic N) is 5. The van der Waals surface area contributed by atoms with Crippen LogP contribution >= 0.6 is 0 Å². The maximum atomic E-state index is 17.2. The number of hydrogen-bond donors (Lipinski definition) is 2. The van der Waals surface area contributed by atoms with Crippen LogP contribution in [-0.4, -0.2) is 87.7 Å². The van der Waals surface area contributed by atoms with Crippen molar-refractivity contribution in [2.75, 3.05) is 44.5 Å². The van der Waals surface area contributed by atoms with Crippen LogP contribution in [0.4, 0.5) is 14.6 Å². The molecule has 4 saturated heterocycles. The fourth-order valence-corrected chi connectivity index (χ4v) is 8.57. The molecule has 9 rings (SSSR count). The molecular weight excluding hydrogens is 582 g/mol. The van der Waals surface area contributed by atoms with E-state index in [1.165, 1.54) is 0 Å². The van der Waals surface area contributed by atoms with Crippen molar-refractivity contribution in [2.24, 2.45) is 0 Å². The molecule has 4 fully saturated rings. The molecule has 4 aromatic rings. The van der Waals surface area contributed by atoms with Gasteiger partial charge in [0.2, 0.25) is 6.79 Å². The lowest BCUT2D eigenvalue weighted by atomic mass is 9.95. The molecule has 236 valence electrons. The topological polar surface area (TPSA) is 96.6 Å². The number of anilines is 1. The van der Waals surface area contributed by atoms with Gasteiger partial charge in [-0.3, -0.25) is 4.90 Å². The van der Waals surface area contributed by atoms with Gasteiger partial charge in [-0.1, -0.05) is 6.92 Å². The fourth-order valence-electron chi connectivity index (χ4n) is 8.57. The SMILES string of the molecule is CCc1ccc2cc(O)cc(-c3c4c(c5c(N6C[C@H]7CC[C@@H](C6)N7)nc(OC[C@@]67CCCN6C[C@H](F)C7)nc5c3F)OCO4)n12. The number of aromatic hydroxyl groups is 1. The van der Waals surface area contributed by atoms with Gasteiger partial charge in [0.05, 0.1) is 22.2 Å². The second-order valence-corrected chi connectivity index (χ2v) is 13.3. The predicted octanol–water partition coefficient (Wildman–Crippen LogP) is 4.58. The summed E-state index contributed by atoms with van der Waals surface area (Å²) >= 11 is 0. The summed E-state index contributed by atoms with van der Waals surface area (Å²) in [7, 11) is 0. The van der Waals surface area contributed by atoms with E-state index >= 15 is 4.39 Å². The van der Waals surface area contributed by atoms with Gasteiger partial charge in [0.15, 0.2) is 17.3 Å². The Morgan fingerprint density at radius 1 is 1.11 bits per heavy atom. The zero-order valence-corrected chi connectivity index (χ0v) is 25.2. The number of piperazine rings is 1. The molecular formula is C33H36F2N6O4. The molecule has 5 aliphatic heterocycles. The third kappa shape index (κ3) is 4.17. The van der Waals surface area contributed by atoms with E-state index in [9.17, 15) is 9.50 Å². The molecule has 5 aliphatic rings. The van der Waals surface area contributed by atoms with Crippen molar-refractivity contribution in [1.29, 1.82) is 0 Å². The van der Waals surface area contributed by atoms with Gasteiger partial charge in [0.25, 0.3) is 0 Å². The van der Waals surface area contributed by atoms with Gasteiger partial charge < -0.3 is 33.9 Å². The normalized spacial score (nSPS) is 27.3. The highest BCUT2D eigenvalue weighted by molar-refractivity contribution is 6.02. The largest absolute Gasteiger partial charge is 0.508 e. The summed E-state index contributed by atoms with van der Waals surface area (Å²) in [5, 5.41) is 14.8. The highest BCUT2D eigenvalue weighted by atomic mass is 19.1. The van der Waals surface area contributed by atoms with Crippen LogP contribution in [0.15, 0.2) is 24.3 Å². The second-order valence-electron chi connectivity index (χ2n) is 13.3. The Morgan fingerprint density at radius 3 is 2.76 bits per heavy atom. The first-order valence-electron chi connectivity index (χ1n) is 16.1. The molecule has 0 saturated carbocycles. The molecule has 2 N–H and O–H groups in total. The van der Waals surface area contributed by atoms with Gasteiger partial charge in [-0.25, -0.2) is 8.78 Å². The summed E-state index contributed by atoms with van der Waals surface area (Å²) in [6, 6.07) is 7.75. The maximum absolute atomic E-state index is 17.2. The molecule has 0 aliphatic carbocycles. The average molecular weight is 619 g/mol. The van der Waals surface area contributed by atoms with Gasteiger partial charge in [0.1, 0.15) is 29.9 Å². The Hall–Kier alpha value is -3.90. The smallest absolute Gasteiger partial charge is 0.319 e. The van der Waals surface area contributed by atoms with Crippen LogP contribution in [0.25, 0.3) is 27.7 Å². The monoisotopic (exact) mass is 618 g/mol. The molecule has 0 radical (unpaired) electrons. The van der Waals surface area contributed by atoms with E-state index in [0.29, 0.717) is 67.2 Å². The molecule has 4 atom stereocenters. The van der Waals surface area contributed by atoms with Crippen molar-refractivity contribution < 1.29 is 28.1 Å². The minimum atomic E-state index is -0.890. The number of ether oxygens (including phenoxy) is 3. The van der Waals surface area contributed by atoms with E-state index in [4.69, 9.17) is 24.2 Å². The Morgan fingerprint density at radius 2 is 1.93 bits per heavy atom. The molecule has 10 nitrogen and oxygen atoms in total. The molecule has 8 heterocycles. The van der Waals surface area contributed by atoms with Crippen molar-refractivity contribution in [3.63, 3.8) is 0 Å². The number of fused-ring (bicyclic) bond motifs is 7. The third-order valence-corrected chi connectivity index (χ3v) is 10.5. The van der Waals surface area contributed by atoms with E-state index in [-0.39, 0.29) is 42.0 Å². The number of halogens is 2. The zero-order chi connectivity index (χ0) is 30.4. The van der Waals surface area contributed by atoms with Crippen molar-refractivity contribution >= 4 is 22.2 Å². The third-order valence-electron chi connectivity index (χ3n) is 10.5. The lowest BCUT2D eigenvalue weighted by Crippen LogP contribution is -2.51. The number of nitrogens with one attached hydrogen (secondary N) is 1. The highest BCUT2D eigenvalue weighted by Gasteiger charge is 2.49. The lowest BCUT2D eigenvalue weighted by molar-refractivity contribution is 0.107. The summed E-state index contributed by atoms with van der Waals surface area (Å²) < 4.78 is 52.1. The number of rotatable bonds is 6. The first kappa shape index (κ1) is 27.4. The van der Waals surface area contributed by atoms with Gasteiger partial charge in [-0.2, -0.15) is 9.97 Å². The number of aryl methyl sites for hydroxylation is 1. The molecule has 12 heteroatoms. The summed E-state index contributed by atoms with van der Waals surface area (Å²) in [6.07, 6.45) is 4.19. The van der Waals surface area contributed by atoms with Gasteiger partial charge in [-0.15, -0.1) is 0 Å². The fraction of sp³-hybridized carbons (Fsp3) is 0.515. The van der Waals surface area contributed by atoms with Crippen LogP contribution in [0, 0.1) is 5.82 Å². The minimum Gasteiger partial charge on any atom is -0.508 e. The Balaban J connectivity index is 1.24. The zero-order valence-electron chi connectivity index (χ0n) is 25.2. The molecule has 2 bridgehead atoms. The second kappa shape index (κ2) is 10.1. The van der Waals surface area contributed by atoms with Crippen molar-refractivity contribution in [3.8, 4) is 34.5 Å². The van der Waals surface area contributed by atoms with Gasteiger partial charge in [-0.05, 0) is 50.8 Å². The number of aromatic nitrogens is 3. The minimum absolute atomic E-state index is 0.0113. The van der Waals surface area contributed by atoms with Crippen LogP contribution in [0.3, 0.4) is 0 Å². The van der Waals surface area contributed by atoms with E-state index in [1.54, 1.807) is 12.1 Å². The summed E-state index contributed by atoms with van der Waals surface area (Å²) in [5.41, 5.74) is 1.96. The van der Waals surface area contributed by atoms with Crippen LogP contribution in [0.5, 0.6) is 23.3 Å². The average Bonchev–Trinajstić information content (AvgIpc) is 3.85. The number of alkyl halides is 1. The molecule has 45 heavy (non-hydrogen) atoms. The van der Waals surface area contributed by atoms with Crippen LogP contribution in [0.1, 0.15) is 44.7 Å². The summed E-state index contributed by atoms with van der Waals surface area (Å²) in [6.45, 7) is 4.86. The van der Waals surface area contributed by atoms with Crippen molar-refractivity contribution in [2.45, 2.75) is 69.2 Å². The molecule has 3 aromatic heterocycles. The van der Waals surface area contributed by atoms with Gasteiger partial charge >= 0.3 is 6.01 Å². The summed E-state index contributed by atoms with van der Waals surface area (Å²) in [5.74, 6) is 0.602. The first-order valence-corrected chi connectivity index (χ1v) is 16.1. The van der Waals surface area contributed by atoms with Gasteiger partial charge in [0, 0.05) is 61.5 Å². The Bertz CT molecular complexity index is 1840. The molecule has 0 amide bonds. The van der Waals surface area contributed by atoms with Crippen LogP contribution < -0.4 is 24.4 Å². The first-order chi connectivity index (χ1) is 21.9.